The highest BCUT2D eigenvalue weighted by molar-refractivity contribution is 7.99. The topological polar surface area (TPSA) is 26.0 Å². The van der Waals surface area contributed by atoms with Crippen molar-refractivity contribution >= 4 is 11.8 Å². The number of thioether (sulfide) groups is 1. The summed E-state index contributed by atoms with van der Waals surface area (Å²) in [6, 6.07) is 10.9. The van der Waals surface area contributed by atoms with Crippen LogP contribution in [0.2, 0.25) is 0 Å². The molecular formula is C16H27NS. The van der Waals surface area contributed by atoms with Gasteiger partial charge in [-0.1, -0.05) is 57.7 Å². The fourth-order valence-corrected chi connectivity index (χ4v) is 3.09. The van der Waals surface area contributed by atoms with E-state index in [1.54, 1.807) is 0 Å². The van der Waals surface area contributed by atoms with Crippen LogP contribution in [0.1, 0.15) is 46.0 Å². The van der Waals surface area contributed by atoms with Gasteiger partial charge in [-0.05, 0) is 24.5 Å². The lowest BCUT2D eigenvalue weighted by Crippen LogP contribution is -2.26. The van der Waals surface area contributed by atoms with Crippen LogP contribution in [0, 0.1) is 5.92 Å². The first kappa shape index (κ1) is 15.6. The molecule has 1 aromatic carbocycles. The minimum atomic E-state index is 0.331. The van der Waals surface area contributed by atoms with Crippen molar-refractivity contribution in [2.45, 2.75) is 56.9 Å². The highest BCUT2D eigenvalue weighted by Crippen LogP contribution is 2.22. The molecule has 0 aliphatic heterocycles. The summed E-state index contributed by atoms with van der Waals surface area (Å²) in [6.45, 7) is 4.55. The molecule has 1 nitrogen and oxygen atoms in total. The smallest absolute Gasteiger partial charge is 0.0136 e. The molecule has 0 aromatic heterocycles. The zero-order valence-corrected chi connectivity index (χ0v) is 12.6. The van der Waals surface area contributed by atoms with Gasteiger partial charge in [0.05, 0.1) is 0 Å². The van der Waals surface area contributed by atoms with Gasteiger partial charge in [0.15, 0.2) is 0 Å². The summed E-state index contributed by atoms with van der Waals surface area (Å²) in [7, 11) is 0. The van der Waals surface area contributed by atoms with Gasteiger partial charge in [-0.25, -0.2) is 0 Å². The molecule has 0 saturated heterocycles. The molecule has 2 heteroatoms. The molecule has 2 unspecified atom stereocenters. The second-order valence-corrected chi connectivity index (χ2v) is 6.13. The van der Waals surface area contributed by atoms with Crippen molar-refractivity contribution in [3.05, 3.63) is 30.3 Å². The van der Waals surface area contributed by atoms with E-state index in [4.69, 9.17) is 5.73 Å². The van der Waals surface area contributed by atoms with Crippen LogP contribution in [-0.2, 0) is 0 Å². The maximum Gasteiger partial charge on any atom is 0.0136 e. The van der Waals surface area contributed by atoms with Gasteiger partial charge in [0.1, 0.15) is 0 Å². The van der Waals surface area contributed by atoms with Crippen molar-refractivity contribution in [3.63, 3.8) is 0 Å². The summed E-state index contributed by atoms with van der Waals surface area (Å²) in [6.07, 6.45) is 6.43. The van der Waals surface area contributed by atoms with E-state index in [1.165, 1.54) is 37.0 Å². The van der Waals surface area contributed by atoms with E-state index < -0.39 is 0 Å². The monoisotopic (exact) mass is 265 g/mol. The Labute approximate surface area is 117 Å². The van der Waals surface area contributed by atoms with E-state index in [-0.39, 0.29) is 0 Å². The van der Waals surface area contributed by atoms with E-state index in [0.717, 1.165) is 11.7 Å². The third-order valence-corrected chi connectivity index (χ3v) is 4.59. The quantitative estimate of drug-likeness (QED) is 0.654. The maximum absolute atomic E-state index is 6.25. The molecule has 0 aliphatic rings. The molecular weight excluding hydrogens is 238 g/mol. The minimum absolute atomic E-state index is 0.331. The van der Waals surface area contributed by atoms with Crippen molar-refractivity contribution in [1.29, 1.82) is 0 Å². The van der Waals surface area contributed by atoms with Crippen LogP contribution >= 0.6 is 11.8 Å². The first-order chi connectivity index (χ1) is 8.76. The zero-order chi connectivity index (χ0) is 13.2. The predicted octanol–water partition coefficient (Wildman–Crippen LogP) is 4.71. The second kappa shape index (κ2) is 9.46. The van der Waals surface area contributed by atoms with Gasteiger partial charge in [-0.3, -0.25) is 0 Å². The summed E-state index contributed by atoms with van der Waals surface area (Å²) in [5, 5.41) is 0. The van der Waals surface area contributed by atoms with Crippen LogP contribution in [0.3, 0.4) is 0 Å². The van der Waals surface area contributed by atoms with Gasteiger partial charge in [-0.15, -0.1) is 11.8 Å². The third-order valence-electron chi connectivity index (χ3n) is 3.39. The Kier molecular flexibility index (Phi) is 8.19. The SMILES string of the molecule is CCCCC(CC)CC(N)CSc1ccccc1. The van der Waals surface area contributed by atoms with Gasteiger partial charge in [0, 0.05) is 16.7 Å². The normalized spacial score (nSPS) is 14.4. The van der Waals surface area contributed by atoms with E-state index in [2.05, 4.69) is 44.2 Å². The summed E-state index contributed by atoms with van der Waals surface area (Å²) in [4.78, 5) is 1.33. The average molecular weight is 265 g/mol. The van der Waals surface area contributed by atoms with E-state index in [1.807, 2.05) is 11.8 Å². The van der Waals surface area contributed by atoms with Crippen molar-refractivity contribution in [2.75, 3.05) is 5.75 Å². The van der Waals surface area contributed by atoms with Gasteiger partial charge < -0.3 is 5.73 Å². The fraction of sp³-hybridized carbons (Fsp3) is 0.625. The second-order valence-electron chi connectivity index (χ2n) is 5.04. The molecule has 102 valence electrons. The predicted molar refractivity (Wildman–Crippen MR) is 83.1 cm³/mol. The Balaban J connectivity index is 2.25. The van der Waals surface area contributed by atoms with Crippen LogP contribution in [0.5, 0.6) is 0 Å². The number of benzene rings is 1. The van der Waals surface area contributed by atoms with Crippen molar-refractivity contribution in [2.24, 2.45) is 11.7 Å². The Hall–Kier alpha value is -0.470. The zero-order valence-electron chi connectivity index (χ0n) is 11.8. The van der Waals surface area contributed by atoms with Crippen LogP contribution in [0.25, 0.3) is 0 Å². The standard InChI is InChI=1S/C16H27NS/c1-3-5-9-14(4-2)12-15(17)13-18-16-10-7-6-8-11-16/h6-8,10-11,14-15H,3-5,9,12-13,17H2,1-2H3. The van der Waals surface area contributed by atoms with E-state index >= 15 is 0 Å². The molecule has 0 aliphatic carbocycles. The number of rotatable bonds is 9. The largest absolute Gasteiger partial charge is 0.327 e. The van der Waals surface area contributed by atoms with Crippen molar-refractivity contribution in [1.82, 2.24) is 0 Å². The van der Waals surface area contributed by atoms with Crippen molar-refractivity contribution in [3.8, 4) is 0 Å². The molecule has 0 heterocycles. The third kappa shape index (κ3) is 6.46. The Morgan fingerprint density at radius 3 is 2.50 bits per heavy atom. The summed E-state index contributed by atoms with van der Waals surface area (Å²) in [5.41, 5.74) is 6.25. The minimum Gasteiger partial charge on any atom is -0.327 e. The molecule has 0 fully saturated rings. The first-order valence-electron chi connectivity index (χ1n) is 7.19. The Bertz CT molecular complexity index is 299. The van der Waals surface area contributed by atoms with Crippen LogP contribution in [0.15, 0.2) is 35.2 Å². The average Bonchev–Trinajstić information content (AvgIpc) is 2.42. The fourth-order valence-electron chi connectivity index (χ4n) is 2.20. The molecule has 0 saturated carbocycles. The van der Waals surface area contributed by atoms with E-state index in [0.29, 0.717) is 6.04 Å². The number of unbranched alkanes of at least 4 members (excludes halogenated alkanes) is 1. The van der Waals surface area contributed by atoms with Crippen LogP contribution in [-0.4, -0.2) is 11.8 Å². The van der Waals surface area contributed by atoms with Crippen LogP contribution < -0.4 is 5.73 Å². The number of hydrogen-bond acceptors (Lipinski definition) is 2. The molecule has 1 aromatic rings. The first-order valence-corrected chi connectivity index (χ1v) is 8.18. The summed E-state index contributed by atoms with van der Waals surface area (Å²) >= 11 is 1.88. The van der Waals surface area contributed by atoms with Crippen LogP contribution in [0.4, 0.5) is 0 Å². The molecule has 2 atom stereocenters. The van der Waals surface area contributed by atoms with Gasteiger partial charge in [0.25, 0.3) is 0 Å². The summed E-state index contributed by atoms with van der Waals surface area (Å²) < 4.78 is 0. The molecule has 1 rings (SSSR count). The number of hydrogen-bond donors (Lipinski definition) is 1. The maximum atomic E-state index is 6.25. The van der Waals surface area contributed by atoms with E-state index in [9.17, 15) is 0 Å². The summed E-state index contributed by atoms with van der Waals surface area (Å²) in [5.74, 6) is 1.85. The highest BCUT2D eigenvalue weighted by Gasteiger charge is 2.11. The molecule has 0 radical (unpaired) electrons. The molecule has 18 heavy (non-hydrogen) atoms. The van der Waals surface area contributed by atoms with Gasteiger partial charge in [0.2, 0.25) is 0 Å². The van der Waals surface area contributed by atoms with Crippen molar-refractivity contribution < 1.29 is 0 Å². The Morgan fingerprint density at radius 2 is 1.89 bits per heavy atom. The highest BCUT2D eigenvalue weighted by atomic mass is 32.2. The molecule has 0 amide bonds. The lowest BCUT2D eigenvalue weighted by Gasteiger charge is -2.19. The Morgan fingerprint density at radius 1 is 1.17 bits per heavy atom. The van der Waals surface area contributed by atoms with Gasteiger partial charge in [-0.2, -0.15) is 0 Å². The number of nitrogens with two attached hydrogens (primary N) is 1. The lowest BCUT2D eigenvalue weighted by molar-refractivity contribution is 0.396. The molecule has 0 bridgehead atoms. The van der Waals surface area contributed by atoms with Gasteiger partial charge >= 0.3 is 0 Å². The molecule has 0 spiro atoms. The lowest BCUT2D eigenvalue weighted by atomic mass is 9.93. The molecule has 2 N–H and O–H groups in total.